The molecule has 0 atom stereocenters. The van der Waals surface area contributed by atoms with Gasteiger partial charge in [-0.3, -0.25) is 4.79 Å². The van der Waals surface area contributed by atoms with Gasteiger partial charge in [0.1, 0.15) is 0 Å². The van der Waals surface area contributed by atoms with Crippen LogP contribution in [0.15, 0.2) is 36.5 Å². The molecule has 1 aromatic carbocycles. The normalized spacial score (nSPS) is 10.5. The number of aryl methyl sites for hydroxylation is 2. The highest BCUT2D eigenvalue weighted by Gasteiger charge is 2.06. The molecule has 0 unspecified atom stereocenters. The minimum absolute atomic E-state index is 0.110. The molecule has 0 saturated heterocycles. The number of aromatic nitrogens is 1. The molecule has 0 aliphatic heterocycles. The third-order valence-corrected chi connectivity index (χ3v) is 3.11. The van der Waals surface area contributed by atoms with Crippen LogP contribution in [0.2, 0.25) is 0 Å². The van der Waals surface area contributed by atoms with Gasteiger partial charge in [-0.25, -0.2) is 0 Å². The molecule has 88 valence electrons. The van der Waals surface area contributed by atoms with E-state index in [0.717, 1.165) is 12.2 Å². The molecule has 0 spiro atoms. The lowest BCUT2D eigenvalue weighted by molar-refractivity contribution is 0.100. The Kier molecular flexibility index (Phi) is 3.14. The van der Waals surface area contributed by atoms with E-state index in [1.165, 1.54) is 16.7 Å². The summed E-state index contributed by atoms with van der Waals surface area (Å²) < 4.78 is 1.99. The summed E-state index contributed by atoms with van der Waals surface area (Å²) in [4.78, 5) is 11.4. The topological polar surface area (TPSA) is 22.0 Å². The molecule has 1 heterocycles. The average molecular weight is 227 g/mol. The van der Waals surface area contributed by atoms with Gasteiger partial charge in [-0.05, 0) is 42.7 Å². The zero-order chi connectivity index (χ0) is 12.4. The maximum Gasteiger partial charge on any atom is 0.176 e. The minimum atomic E-state index is 0.110. The summed E-state index contributed by atoms with van der Waals surface area (Å²) >= 11 is 0. The summed E-state index contributed by atoms with van der Waals surface area (Å²) in [5, 5.41) is 0. The van der Waals surface area contributed by atoms with Crippen LogP contribution in [0.25, 0.3) is 0 Å². The van der Waals surface area contributed by atoms with Crippen LogP contribution in [0.3, 0.4) is 0 Å². The monoisotopic (exact) mass is 227 g/mol. The van der Waals surface area contributed by atoms with Gasteiger partial charge in [0, 0.05) is 19.7 Å². The maximum atomic E-state index is 11.4. The summed E-state index contributed by atoms with van der Waals surface area (Å²) in [5.41, 5.74) is 4.59. The van der Waals surface area contributed by atoms with Crippen LogP contribution >= 0.6 is 0 Å². The molecule has 2 aromatic rings. The number of Topliss-reactive ketones (excluding diaryl/α,β-unsaturated/α-hetero) is 1. The van der Waals surface area contributed by atoms with Gasteiger partial charge >= 0.3 is 0 Å². The van der Waals surface area contributed by atoms with Crippen LogP contribution in [-0.4, -0.2) is 10.4 Å². The van der Waals surface area contributed by atoms with Crippen LogP contribution < -0.4 is 0 Å². The first-order valence-corrected chi connectivity index (χ1v) is 5.80. The summed E-state index contributed by atoms with van der Waals surface area (Å²) in [6.07, 6.45) is 1.95. The highest BCUT2D eigenvalue weighted by atomic mass is 16.1. The Morgan fingerprint density at radius 2 is 1.94 bits per heavy atom. The largest absolute Gasteiger partial charge is 0.341 e. The van der Waals surface area contributed by atoms with Crippen molar-refractivity contribution < 1.29 is 4.79 Å². The van der Waals surface area contributed by atoms with Gasteiger partial charge in [-0.2, -0.15) is 0 Å². The molecule has 17 heavy (non-hydrogen) atoms. The van der Waals surface area contributed by atoms with Crippen molar-refractivity contribution in [2.75, 3.05) is 0 Å². The second kappa shape index (κ2) is 4.58. The summed E-state index contributed by atoms with van der Waals surface area (Å²) in [7, 11) is 0. The van der Waals surface area contributed by atoms with Crippen molar-refractivity contribution in [3.8, 4) is 0 Å². The van der Waals surface area contributed by atoms with Crippen molar-refractivity contribution in [3.05, 3.63) is 58.9 Å². The van der Waals surface area contributed by atoms with Gasteiger partial charge in [0.2, 0.25) is 0 Å². The fraction of sp³-hybridized carbons (Fsp3) is 0.267. The molecule has 0 aliphatic carbocycles. The first-order chi connectivity index (χ1) is 8.08. The van der Waals surface area contributed by atoms with Gasteiger partial charge in [0.05, 0.1) is 5.69 Å². The molecule has 0 N–H and O–H groups in total. The molecular weight excluding hydrogens is 210 g/mol. The lowest BCUT2D eigenvalue weighted by Gasteiger charge is -2.09. The first kappa shape index (κ1) is 11.6. The Balaban J connectivity index is 2.28. The van der Waals surface area contributed by atoms with E-state index in [2.05, 4.69) is 32.0 Å². The fourth-order valence-electron chi connectivity index (χ4n) is 1.97. The molecule has 0 bridgehead atoms. The summed E-state index contributed by atoms with van der Waals surface area (Å²) in [6, 6.07) is 10.2. The SMILES string of the molecule is CC(=O)c1cccn1Cc1ccc(C)c(C)c1. The third kappa shape index (κ3) is 2.47. The molecule has 2 heteroatoms. The van der Waals surface area contributed by atoms with Crippen molar-refractivity contribution in [2.24, 2.45) is 0 Å². The van der Waals surface area contributed by atoms with E-state index in [-0.39, 0.29) is 5.78 Å². The van der Waals surface area contributed by atoms with Crippen LogP contribution in [0.4, 0.5) is 0 Å². The Labute approximate surface area is 102 Å². The van der Waals surface area contributed by atoms with E-state index in [1.54, 1.807) is 6.92 Å². The molecule has 0 saturated carbocycles. The molecule has 2 nitrogen and oxygen atoms in total. The molecular formula is C15H17NO. The Hall–Kier alpha value is -1.83. The molecule has 2 rings (SSSR count). The summed E-state index contributed by atoms with van der Waals surface area (Å²) in [6.45, 7) is 6.57. The van der Waals surface area contributed by atoms with Crippen molar-refractivity contribution >= 4 is 5.78 Å². The van der Waals surface area contributed by atoms with Crippen molar-refractivity contribution in [1.29, 1.82) is 0 Å². The lowest BCUT2D eigenvalue weighted by Crippen LogP contribution is -2.06. The van der Waals surface area contributed by atoms with Crippen LogP contribution in [-0.2, 0) is 6.54 Å². The number of rotatable bonds is 3. The van der Waals surface area contributed by atoms with Crippen molar-refractivity contribution in [1.82, 2.24) is 4.57 Å². The molecule has 0 radical (unpaired) electrons. The average Bonchev–Trinajstić information content (AvgIpc) is 2.72. The van der Waals surface area contributed by atoms with Crippen molar-refractivity contribution in [3.63, 3.8) is 0 Å². The van der Waals surface area contributed by atoms with E-state index in [1.807, 2.05) is 22.9 Å². The highest BCUT2D eigenvalue weighted by molar-refractivity contribution is 5.92. The lowest BCUT2D eigenvalue weighted by atomic mass is 10.1. The Morgan fingerprint density at radius 1 is 1.18 bits per heavy atom. The van der Waals surface area contributed by atoms with E-state index >= 15 is 0 Å². The van der Waals surface area contributed by atoms with Gasteiger partial charge in [-0.15, -0.1) is 0 Å². The van der Waals surface area contributed by atoms with Gasteiger partial charge in [-0.1, -0.05) is 18.2 Å². The smallest absolute Gasteiger partial charge is 0.176 e. The quantitative estimate of drug-likeness (QED) is 0.737. The molecule has 0 fully saturated rings. The number of carbonyl (C=O) groups is 1. The third-order valence-electron chi connectivity index (χ3n) is 3.11. The van der Waals surface area contributed by atoms with E-state index in [0.29, 0.717) is 0 Å². The number of benzene rings is 1. The van der Waals surface area contributed by atoms with Crippen LogP contribution in [0.5, 0.6) is 0 Å². The minimum Gasteiger partial charge on any atom is -0.341 e. The second-order valence-electron chi connectivity index (χ2n) is 4.50. The van der Waals surface area contributed by atoms with Crippen LogP contribution in [0, 0.1) is 13.8 Å². The first-order valence-electron chi connectivity index (χ1n) is 5.80. The number of hydrogen-bond donors (Lipinski definition) is 0. The predicted octanol–water partition coefficient (Wildman–Crippen LogP) is 3.36. The predicted molar refractivity (Wildman–Crippen MR) is 69.5 cm³/mol. The van der Waals surface area contributed by atoms with Gasteiger partial charge < -0.3 is 4.57 Å². The molecule has 1 aromatic heterocycles. The zero-order valence-electron chi connectivity index (χ0n) is 10.5. The number of ketones is 1. The second-order valence-corrected chi connectivity index (χ2v) is 4.50. The van der Waals surface area contributed by atoms with Gasteiger partial charge in [0.15, 0.2) is 5.78 Å². The Morgan fingerprint density at radius 3 is 2.59 bits per heavy atom. The molecule has 0 amide bonds. The maximum absolute atomic E-state index is 11.4. The van der Waals surface area contributed by atoms with E-state index in [4.69, 9.17) is 0 Å². The standard InChI is InChI=1S/C15H17NO/c1-11-6-7-14(9-12(11)2)10-16-8-4-5-15(16)13(3)17/h4-9H,10H2,1-3H3. The van der Waals surface area contributed by atoms with Crippen LogP contribution in [0.1, 0.15) is 34.1 Å². The highest BCUT2D eigenvalue weighted by Crippen LogP contribution is 2.13. The number of hydrogen-bond acceptors (Lipinski definition) is 1. The van der Waals surface area contributed by atoms with E-state index in [9.17, 15) is 4.79 Å². The molecule has 0 aliphatic rings. The fourth-order valence-corrected chi connectivity index (χ4v) is 1.97. The number of carbonyl (C=O) groups excluding carboxylic acids is 1. The van der Waals surface area contributed by atoms with Crippen molar-refractivity contribution in [2.45, 2.75) is 27.3 Å². The summed E-state index contributed by atoms with van der Waals surface area (Å²) in [5.74, 6) is 0.110. The number of nitrogens with zero attached hydrogens (tertiary/aromatic N) is 1. The zero-order valence-corrected chi connectivity index (χ0v) is 10.5. The van der Waals surface area contributed by atoms with Gasteiger partial charge in [0.25, 0.3) is 0 Å². The Bertz CT molecular complexity index is 552. The van der Waals surface area contributed by atoms with E-state index < -0.39 is 0 Å².